The standard InChI is InChI=1S/C18H31N5O2/c1-16-14-22(12-13-25-16)17-4-10-21(11-5-17)15-18(24)19-6-2-8-23-9-3-7-20-23/h3,7,9,16-17H,2,4-6,8,10-15H2,1H3,(H,19,24)/t16-/m1/s1. The molecule has 1 aromatic heterocycles. The van der Waals surface area contributed by atoms with Crippen molar-refractivity contribution >= 4 is 5.91 Å². The lowest BCUT2D eigenvalue weighted by Gasteiger charge is -2.41. The average molecular weight is 349 g/mol. The Kier molecular flexibility index (Phi) is 6.84. The van der Waals surface area contributed by atoms with Gasteiger partial charge in [-0.25, -0.2) is 0 Å². The van der Waals surface area contributed by atoms with Crippen molar-refractivity contribution in [2.45, 2.75) is 44.9 Å². The van der Waals surface area contributed by atoms with Crippen LogP contribution in [0.1, 0.15) is 26.2 Å². The molecule has 0 saturated carbocycles. The molecule has 3 rings (SSSR count). The number of hydrogen-bond donors (Lipinski definition) is 1. The molecule has 0 bridgehead atoms. The lowest BCUT2D eigenvalue weighted by Crippen LogP contribution is -2.52. The van der Waals surface area contributed by atoms with E-state index in [4.69, 9.17) is 4.74 Å². The molecular formula is C18H31N5O2. The quantitative estimate of drug-likeness (QED) is 0.730. The maximum absolute atomic E-state index is 12.1. The zero-order valence-corrected chi connectivity index (χ0v) is 15.3. The zero-order valence-electron chi connectivity index (χ0n) is 15.3. The van der Waals surface area contributed by atoms with Crippen LogP contribution in [0.4, 0.5) is 0 Å². The van der Waals surface area contributed by atoms with Crippen LogP contribution in [0.3, 0.4) is 0 Å². The fourth-order valence-corrected chi connectivity index (χ4v) is 3.78. The molecule has 2 saturated heterocycles. The molecule has 3 heterocycles. The molecule has 0 aromatic carbocycles. The third kappa shape index (κ3) is 5.80. The van der Waals surface area contributed by atoms with Gasteiger partial charge in [-0.2, -0.15) is 5.10 Å². The number of carbonyl (C=O) groups excluding carboxylic acids is 1. The predicted molar refractivity (Wildman–Crippen MR) is 96.3 cm³/mol. The summed E-state index contributed by atoms with van der Waals surface area (Å²) < 4.78 is 7.52. The van der Waals surface area contributed by atoms with E-state index < -0.39 is 0 Å². The zero-order chi connectivity index (χ0) is 17.5. The highest BCUT2D eigenvalue weighted by Crippen LogP contribution is 2.19. The molecule has 0 spiro atoms. The van der Waals surface area contributed by atoms with Crippen LogP contribution in [-0.2, 0) is 16.1 Å². The molecule has 1 atom stereocenters. The van der Waals surface area contributed by atoms with Crippen molar-refractivity contribution in [1.29, 1.82) is 0 Å². The van der Waals surface area contributed by atoms with Gasteiger partial charge >= 0.3 is 0 Å². The lowest BCUT2D eigenvalue weighted by atomic mass is 10.0. The summed E-state index contributed by atoms with van der Waals surface area (Å²) in [7, 11) is 0. The summed E-state index contributed by atoms with van der Waals surface area (Å²) in [5.74, 6) is 0.138. The van der Waals surface area contributed by atoms with Crippen LogP contribution < -0.4 is 5.32 Å². The molecule has 0 unspecified atom stereocenters. The normalized spacial score (nSPS) is 23.6. The van der Waals surface area contributed by atoms with E-state index in [1.807, 2.05) is 16.9 Å². The molecular weight excluding hydrogens is 318 g/mol. The van der Waals surface area contributed by atoms with Gasteiger partial charge < -0.3 is 10.1 Å². The second kappa shape index (κ2) is 9.31. The Morgan fingerprint density at radius 1 is 1.32 bits per heavy atom. The van der Waals surface area contributed by atoms with Crippen molar-refractivity contribution < 1.29 is 9.53 Å². The van der Waals surface area contributed by atoms with E-state index in [0.29, 0.717) is 25.2 Å². The van der Waals surface area contributed by atoms with E-state index in [-0.39, 0.29) is 5.91 Å². The summed E-state index contributed by atoms with van der Waals surface area (Å²) in [5.41, 5.74) is 0. The summed E-state index contributed by atoms with van der Waals surface area (Å²) in [6.45, 7) is 9.19. The van der Waals surface area contributed by atoms with Gasteiger partial charge in [-0.15, -0.1) is 0 Å². The van der Waals surface area contributed by atoms with Gasteiger partial charge in [-0.05, 0) is 32.3 Å². The average Bonchev–Trinajstić information content (AvgIpc) is 3.13. The number of carbonyl (C=O) groups is 1. The summed E-state index contributed by atoms with van der Waals surface area (Å²) in [6, 6.07) is 2.57. The Morgan fingerprint density at radius 2 is 2.16 bits per heavy atom. The number of aryl methyl sites for hydroxylation is 1. The van der Waals surface area contributed by atoms with Crippen LogP contribution in [0.15, 0.2) is 18.5 Å². The Balaban J connectivity index is 1.28. The summed E-state index contributed by atoms with van der Waals surface area (Å²) >= 11 is 0. The summed E-state index contributed by atoms with van der Waals surface area (Å²) in [4.78, 5) is 16.9. The predicted octanol–water partition coefficient (Wildman–Crippen LogP) is 0.575. The fourth-order valence-electron chi connectivity index (χ4n) is 3.78. The molecule has 1 amide bonds. The smallest absolute Gasteiger partial charge is 0.234 e. The Bertz CT molecular complexity index is 514. The van der Waals surface area contributed by atoms with Crippen LogP contribution >= 0.6 is 0 Å². The van der Waals surface area contributed by atoms with E-state index in [0.717, 1.165) is 58.6 Å². The van der Waals surface area contributed by atoms with E-state index in [1.165, 1.54) is 0 Å². The number of amides is 1. The van der Waals surface area contributed by atoms with Crippen molar-refractivity contribution in [3.8, 4) is 0 Å². The maximum Gasteiger partial charge on any atom is 0.234 e. The van der Waals surface area contributed by atoms with Crippen LogP contribution in [0, 0.1) is 0 Å². The van der Waals surface area contributed by atoms with Gasteiger partial charge in [-0.3, -0.25) is 19.3 Å². The van der Waals surface area contributed by atoms with Gasteiger partial charge in [-0.1, -0.05) is 0 Å². The molecule has 0 radical (unpaired) electrons. The molecule has 140 valence electrons. The van der Waals surface area contributed by atoms with Crippen LogP contribution in [0.25, 0.3) is 0 Å². The highest BCUT2D eigenvalue weighted by Gasteiger charge is 2.28. The van der Waals surface area contributed by atoms with Crippen molar-refractivity contribution in [2.24, 2.45) is 0 Å². The molecule has 2 aliphatic heterocycles. The number of aromatic nitrogens is 2. The van der Waals surface area contributed by atoms with E-state index >= 15 is 0 Å². The highest BCUT2D eigenvalue weighted by molar-refractivity contribution is 5.77. The van der Waals surface area contributed by atoms with Gasteiger partial charge in [0, 0.05) is 57.7 Å². The van der Waals surface area contributed by atoms with E-state index in [9.17, 15) is 4.79 Å². The molecule has 2 fully saturated rings. The first-order chi connectivity index (χ1) is 12.2. The number of hydrogen-bond acceptors (Lipinski definition) is 5. The van der Waals surface area contributed by atoms with Gasteiger partial charge in [0.15, 0.2) is 0 Å². The minimum absolute atomic E-state index is 0.138. The first-order valence-electron chi connectivity index (χ1n) is 9.53. The second-order valence-electron chi connectivity index (χ2n) is 7.16. The van der Waals surface area contributed by atoms with E-state index in [1.54, 1.807) is 6.20 Å². The summed E-state index contributed by atoms with van der Waals surface area (Å²) in [6.07, 6.45) is 7.28. The second-order valence-corrected chi connectivity index (χ2v) is 7.16. The number of likely N-dealkylation sites (tertiary alicyclic amines) is 1. The van der Waals surface area contributed by atoms with Crippen LogP contribution in [0.5, 0.6) is 0 Å². The van der Waals surface area contributed by atoms with Gasteiger partial charge in [0.05, 0.1) is 19.3 Å². The van der Waals surface area contributed by atoms with E-state index in [2.05, 4.69) is 27.1 Å². The number of nitrogens with one attached hydrogen (secondary N) is 1. The summed E-state index contributed by atoms with van der Waals surface area (Å²) in [5, 5.41) is 7.18. The molecule has 0 aliphatic carbocycles. The van der Waals surface area contributed by atoms with Crippen molar-refractivity contribution in [3.05, 3.63) is 18.5 Å². The van der Waals surface area contributed by atoms with Crippen molar-refractivity contribution in [1.82, 2.24) is 24.9 Å². The topological polar surface area (TPSA) is 62.6 Å². The largest absolute Gasteiger partial charge is 0.376 e. The molecule has 7 heteroatoms. The third-order valence-corrected chi connectivity index (χ3v) is 5.16. The van der Waals surface area contributed by atoms with Gasteiger partial charge in [0.25, 0.3) is 0 Å². The Labute approximate surface area is 150 Å². The Hall–Kier alpha value is -1.44. The first-order valence-corrected chi connectivity index (χ1v) is 9.53. The third-order valence-electron chi connectivity index (χ3n) is 5.16. The van der Waals surface area contributed by atoms with Crippen LogP contribution in [-0.4, -0.2) is 83.5 Å². The monoisotopic (exact) mass is 349 g/mol. The molecule has 7 nitrogen and oxygen atoms in total. The molecule has 1 N–H and O–H groups in total. The minimum Gasteiger partial charge on any atom is -0.376 e. The lowest BCUT2D eigenvalue weighted by molar-refractivity contribution is -0.122. The van der Waals surface area contributed by atoms with Crippen molar-refractivity contribution in [2.75, 3.05) is 45.9 Å². The number of morpholine rings is 1. The first kappa shape index (κ1) is 18.4. The number of ether oxygens (including phenoxy) is 1. The van der Waals surface area contributed by atoms with Gasteiger partial charge in [0.1, 0.15) is 0 Å². The van der Waals surface area contributed by atoms with Crippen molar-refractivity contribution in [3.63, 3.8) is 0 Å². The molecule has 25 heavy (non-hydrogen) atoms. The number of nitrogens with zero attached hydrogens (tertiary/aromatic N) is 4. The maximum atomic E-state index is 12.1. The number of rotatable bonds is 7. The van der Waals surface area contributed by atoms with Crippen LogP contribution in [0.2, 0.25) is 0 Å². The molecule has 1 aromatic rings. The molecule has 2 aliphatic rings. The fraction of sp³-hybridized carbons (Fsp3) is 0.778. The minimum atomic E-state index is 0.138. The SMILES string of the molecule is C[C@@H]1CN(C2CCN(CC(=O)NCCCn3cccn3)CC2)CCO1. The highest BCUT2D eigenvalue weighted by atomic mass is 16.5. The Morgan fingerprint density at radius 3 is 2.88 bits per heavy atom. The van der Waals surface area contributed by atoms with Gasteiger partial charge in [0.2, 0.25) is 5.91 Å². The number of piperidine rings is 1.